The SMILES string of the molecule is COc1ccccc1OP(=O)(O)CCCOc1ccccc1. The van der Waals surface area contributed by atoms with Crippen LogP contribution in [0, 0.1) is 0 Å². The second kappa shape index (κ2) is 7.87. The Balaban J connectivity index is 1.82. The van der Waals surface area contributed by atoms with Crippen LogP contribution in [-0.4, -0.2) is 24.8 Å². The summed E-state index contributed by atoms with van der Waals surface area (Å²) in [6.07, 6.45) is 0.426. The molecule has 118 valence electrons. The topological polar surface area (TPSA) is 65.0 Å². The smallest absolute Gasteiger partial charge is 0.376 e. The molecule has 0 bridgehead atoms. The van der Waals surface area contributed by atoms with E-state index in [2.05, 4.69) is 0 Å². The number of hydrogen-bond acceptors (Lipinski definition) is 4. The largest absolute Gasteiger partial charge is 0.494 e. The van der Waals surface area contributed by atoms with E-state index in [0.29, 0.717) is 18.8 Å². The predicted molar refractivity (Wildman–Crippen MR) is 84.9 cm³/mol. The molecule has 0 aliphatic rings. The van der Waals surface area contributed by atoms with Crippen LogP contribution in [0.5, 0.6) is 17.2 Å². The van der Waals surface area contributed by atoms with Crippen molar-refractivity contribution in [1.29, 1.82) is 0 Å². The van der Waals surface area contributed by atoms with E-state index in [4.69, 9.17) is 14.0 Å². The third kappa shape index (κ3) is 5.10. The zero-order valence-corrected chi connectivity index (χ0v) is 13.2. The maximum Gasteiger partial charge on any atom is 0.376 e. The molecular weight excluding hydrogens is 303 g/mol. The summed E-state index contributed by atoms with van der Waals surface area (Å²) in [6, 6.07) is 16.1. The second-order valence-corrected chi connectivity index (χ2v) is 6.52. The van der Waals surface area contributed by atoms with E-state index in [-0.39, 0.29) is 11.9 Å². The molecule has 0 fully saturated rings. The Hall–Kier alpha value is -1.97. The molecule has 0 amide bonds. The predicted octanol–water partition coefficient (Wildman–Crippen LogP) is 3.73. The lowest BCUT2D eigenvalue weighted by Gasteiger charge is -2.15. The average molecular weight is 322 g/mol. The van der Waals surface area contributed by atoms with Gasteiger partial charge in [0.15, 0.2) is 11.5 Å². The average Bonchev–Trinajstić information content (AvgIpc) is 2.53. The zero-order chi connectivity index (χ0) is 15.8. The zero-order valence-electron chi connectivity index (χ0n) is 12.3. The van der Waals surface area contributed by atoms with Gasteiger partial charge in [-0.1, -0.05) is 30.3 Å². The third-order valence-corrected chi connectivity index (χ3v) is 4.27. The summed E-state index contributed by atoms with van der Waals surface area (Å²) in [5.74, 6) is 1.43. The van der Waals surface area contributed by atoms with Crippen LogP contribution in [0.15, 0.2) is 54.6 Å². The molecule has 5 nitrogen and oxygen atoms in total. The normalized spacial score (nSPS) is 13.2. The molecule has 1 N–H and O–H groups in total. The van der Waals surface area contributed by atoms with Crippen LogP contribution in [0.1, 0.15) is 6.42 Å². The van der Waals surface area contributed by atoms with E-state index in [1.807, 2.05) is 30.3 Å². The van der Waals surface area contributed by atoms with Gasteiger partial charge in [-0.25, -0.2) is 4.57 Å². The Morgan fingerprint density at radius 1 is 1.00 bits per heavy atom. The van der Waals surface area contributed by atoms with Crippen LogP contribution in [0.25, 0.3) is 0 Å². The standard InChI is InChI=1S/C16H19O5P/c1-19-15-10-5-6-11-16(15)21-22(17,18)13-7-12-20-14-8-3-2-4-9-14/h2-6,8-11H,7,12-13H2,1H3,(H,17,18). The molecule has 0 aliphatic carbocycles. The highest BCUT2D eigenvalue weighted by molar-refractivity contribution is 7.53. The number of methoxy groups -OCH3 is 1. The van der Waals surface area contributed by atoms with E-state index in [0.717, 1.165) is 5.75 Å². The number of ether oxygens (including phenoxy) is 2. The molecule has 0 spiro atoms. The molecule has 0 aliphatic heterocycles. The third-order valence-electron chi connectivity index (χ3n) is 2.91. The maximum atomic E-state index is 12.1. The number of hydrogen-bond donors (Lipinski definition) is 1. The maximum absolute atomic E-state index is 12.1. The van der Waals surface area contributed by atoms with Crippen LogP contribution in [-0.2, 0) is 4.57 Å². The van der Waals surface area contributed by atoms with Gasteiger partial charge in [0.05, 0.1) is 19.9 Å². The van der Waals surface area contributed by atoms with Gasteiger partial charge < -0.3 is 18.9 Å². The molecule has 1 atom stereocenters. The van der Waals surface area contributed by atoms with E-state index in [1.165, 1.54) is 7.11 Å². The molecule has 0 heterocycles. The van der Waals surface area contributed by atoms with E-state index >= 15 is 0 Å². The first-order valence-electron chi connectivity index (χ1n) is 6.93. The van der Waals surface area contributed by atoms with Crippen molar-refractivity contribution in [2.75, 3.05) is 19.9 Å². The van der Waals surface area contributed by atoms with Crippen molar-refractivity contribution in [3.8, 4) is 17.2 Å². The van der Waals surface area contributed by atoms with Crippen molar-refractivity contribution in [3.05, 3.63) is 54.6 Å². The van der Waals surface area contributed by atoms with Crippen LogP contribution < -0.4 is 14.0 Å². The van der Waals surface area contributed by atoms with Crippen LogP contribution in [0.3, 0.4) is 0 Å². The Labute approximate surface area is 130 Å². The lowest BCUT2D eigenvalue weighted by atomic mass is 10.3. The van der Waals surface area contributed by atoms with Gasteiger partial charge in [-0.05, 0) is 30.7 Å². The highest BCUT2D eigenvalue weighted by Crippen LogP contribution is 2.45. The first kappa shape index (κ1) is 16.4. The van der Waals surface area contributed by atoms with E-state index in [1.54, 1.807) is 24.3 Å². The summed E-state index contributed by atoms with van der Waals surface area (Å²) in [6.45, 7) is 0.351. The fraction of sp³-hybridized carbons (Fsp3) is 0.250. The van der Waals surface area contributed by atoms with Gasteiger partial charge in [0.2, 0.25) is 0 Å². The quantitative estimate of drug-likeness (QED) is 0.592. The molecule has 0 aromatic heterocycles. The fourth-order valence-corrected chi connectivity index (χ4v) is 2.94. The molecule has 0 saturated carbocycles. The van der Waals surface area contributed by atoms with Crippen molar-refractivity contribution in [2.24, 2.45) is 0 Å². The summed E-state index contributed by atoms with van der Waals surface area (Å²) >= 11 is 0. The fourth-order valence-electron chi connectivity index (χ4n) is 1.86. The molecule has 2 rings (SSSR count). The Kier molecular flexibility index (Phi) is 5.87. The monoisotopic (exact) mass is 322 g/mol. The minimum Gasteiger partial charge on any atom is -0.494 e. The van der Waals surface area contributed by atoms with Gasteiger partial charge in [-0.15, -0.1) is 0 Å². The van der Waals surface area contributed by atoms with Crippen molar-refractivity contribution in [2.45, 2.75) is 6.42 Å². The van der Waals surface area contributed by atoms with Crippen molar-refractivity contribution in [1.82, 2.24) is 0 Å². The summed E-state index contributed by atoms with van der Waals surface area (Å²) in [4.78, 5) is 9.91. The first-order chi connectivity index (χ1) is 10.6. The van der Waals surface area contributed by atoms with Crippen LogP contribution in [0.4, 0.5) is 0 Å². The lowest BCUT2D eigenvalue weighted by molar-refractivity contribution is 0.309. The van der Waals surface area contributed by atoms with Gasteiger partial charge >= 0.3 is 7.60 Å². The van der Waals surface area contributed by atoms with Gasteiger partial charge in [0.1, 0.15) is 5.75 Å². The van der Waals surface area contributed by atoms with Crippen molar-refractivity contribution in [3.63, 3.8) is 0 Å². The van der Waals surface area contributed by atoms with E-state index < -0.39 is 7.60 Å². The Morgan fingerprint density at radius 3 is 2.32 bits per heavy atom. The highest BCUT2D eigenvalue weighted by Gasteiger charge is 2.22. The van der Waals surface area contributed by atoms with E-state index in [9.17, 15) is 9.46 Å². The molecule has 2 aromatic rings. The molecular formula is C16H19O5P. The number of benzene rings is 2. The van der Waals surface area contributed by atoms with Crippen LogP contribution in [0.2, 0.25) is 0 Å². The number of rotatable bonds is 8. The minimum atomic E-state index is -3.74. The van der Waals surface area contributed by atoms with Crippen molar-refractivity contribution >= 4 is 7.60 Å². The molecule has 22 heavy (non-hydrogen) atoms. The van der Waals surface area contributed by atoms with Gasteiger partial charge in [0, 0.05) is 0 Å². The second-order valence-electron chi connectivity index (χ2n) is 4.62. The summed E-state index contributed by atoms with van der Waals surface area (Å²) < 4.78 is 27.9. The molecule has 1 unspecified atom stereocenters. The van der Waals surface area contributed by atoms with Crippen molar-refractivity contribution < 1.29 is 23.5 Å². The summed E-state index contributed by atoms with van der Waals surface area (Å²) in [5, 5.41) is 0. The molecule has 0 radical (unpaired) electrons. The van der Waals surface area contributed by atoms with Gasteiger partial charge in [0.25, 0.3) is 0 Å². The Bertz CT molecular complexity index is 629. The van der Waals surface area contributed by atoms with Gasteiger partial charge in [-0.2, -0.15) is 0 Å². The molecule has 6 heteroatoms. The number of para-hydroxylation sites is 3. The lowest BCUT2D eigenvalue weighted by Crippen LogP contribution is -2.04. The molecule has 2 aromatic carbocycles. The Morgan fingerprint density at radius 2 is 1.64 bits per heavy atom. The van der Waals surface area contributed by atoms with Crippen LogP contribution >= 0.6 is 7.60 Å². The van der Waals surface area contributed by atoms with Gasteiger partial charge in [-0.3, -0.25) is 0 Å². The highest BCUT2D eigenvalue weighted by atomic mass is 31.2. The molecule has 0 saturated heterocycles. The first-order valence-corrected chi connectivity index (χ1v) is 8.69. The summed E-state index contributed by atoms with van der Waals surface area (Å²) in [5.41, 5.74) is 0. The summed E-state index contributed by atoms with van der Waals surface area (Å²) in [7, 11) is -2.25. The minimum absolute atomic E-state index is 0.0118.